The van der Waals surface area contributed by atoms with E-state index in [1.165, 1.54) is 42.8 Å². The lowest BCUT2D eigenvalue weighted by molar-refractivity contribution is -0.144. The predicted molar refractivity (Wildman–Crippen MR) is 120 cm³/mol. The standard InChI is InChI=1S/C22H20N2O7S/c1-12(20(26)27)31-16-9-4-13(10-17(16)30-3)11-18-19(25)24(2)22(32-18)23-15-7-5-14(6-8-15)21(28)29/h4-12H,1-3H3,(H,26,27)(H,28,29)/b18-11+,23-22?/t12-/m1/s1. The van der Waals surface area contributed by atoms with E-state index >= 15 is 0 Å². The number of rotatable bonds is 7. The third kappa shape index (κ3) is 5.09. The Kier molecular flexibility index (Phi) is 6.84. The molecular weight excluding hydrogens is 436 g/mol. The van der Waals surface area contributed by atoms with E-state index in [0.717, 1.165) is 0 Å². The van der Waals surface area contributed by atoms with Gasteiger partial charge in [-0.15, -0.1) is 0 Å². The SMILES string of the molecule is COc1cc(/C=C2/SC(=Nc3ccc(C(=O)O)cc3)N(C)C2=O)ccc1O[C@H](C)C(=O)O. The number of amidine groups is 1. The van der Waals surface area contributed by atoms with Gasteiger partial charge < -0.3 is 19.7 Å². The molecule has 0 aliphatic carbocycles. The minimum Gasteiger partial charge on any atom is -0.493 e. The highest BCUT2D eigenvalue weighted by Gasteiger charge is 2.30. The molecule has 0 saturated carbocycles. The van der Waals surface area contributed by atoms with Crippen LogP contribution in [0.15, 0.2) is 52.4 Å². The molecule has 0 radical (unpaired) electrons. The molecule has 166 valence electrons. The highest BCUT2D eigenvalue weighted by atomic mass is 32.2. The van der Waals surface area contributed by atoms with Gasteiger partial charge in [0.1, 0.15) is 0 Å². The second kappa shape index (κ2) is 9.56. The molecule has 1 aliphatic heterocycles. The predicted octanol–water partition coefficient (Wildman–Crippen LogP) is 3.48. The number of carbonyl (C=O) groups is 3. The highest BCUT2D eigenvalue weighted by Crippen LogP contribution is 2.35. The van der Waals surface area contributed by atoms with Crippen LogP contribution in [0.3, 0.4) is 0 Å². The average molecular weight is 456 g/mol. The smallest absolute Gasteiger partial charge is 0.344 e. The third-order valence-corrected chi connectivity index (χ3v) is 5.54. The van der Waals surface area contributed by atoms with E-state index in [1.807, 2.05) is 0 Å². The summed E-state index contributed by atoms with van der Waals surface area (Å²) in [6.07, 6.45) is 0.629. The van der Waals surface area contributed by atoms with E-state index in [1.54, 1.807) is 43.5 Å². The first-order valence-corrected chi connectivity index (χ1v) is 10.2. The zero-order chi connectivity index (χ0) is 23.4. The van der Waals surface area contributed by atoms with Crippen molar-refractivity contribution in [3.05, 3.63) is 58.5 Å². The van der Waals surface area contributed by atoms with Crippen LogP contribution in [0.4, 0.5) is 5.69 Å². The summed E-state index contributed by atoms with van der Waals surface area (Å²) in [7, 11) is 3.04. The maximum Gasteiger partial charge on any atom is 0.344 e. The average Bonchev–Trinajstić information content (AvgIpc) is 3.02. The number of aliphatic carboxylic acids is 1. The number of carboxylic acids is 2. The number of hydrogen-bond donors (Lipinski definition) is 2. The van der Waals surface area contributed by atoms with Gasteiger partial charge in [0.2, 0.25) is 0 Å². The molecule has 1 fully saturated rings. The molecule has 32 heavy (non-hydrogen) atoms. The van der Waals surface area contributed by atoms with E-state index in [9.17, 15) is 14.4 Å². The quantitative estimate of drug-likeness (QED) is 0.607. The maximum atomic E-state index is 12.7. The van der Waals surface area contributed by atoms with Crippen molar-refractivity contribution in [1.29, 1.82) is 0 Å². The zero-order valence-corrected chi connectivity index (χ0v) is 18.3. The number of carboxylic acid groups (broad SMARTS) is 2. The van der Waals surface area contributed by atoms with Gasteiger partial charge in [-0.1, -0.05) is 6.07 Å². The van der Waals surface area contributed by atoms with Crippen LogP contribution in [-0.2, 0) is 9.59 Å². The van der Waals surface area contributed by atoms with Crippen LogP contribution >= 0.6 is 11.8 Å². The van der Waals surface area contributed by atoms with Crippen LogP contribution in [0.5, 0.6) is 11.5 Å². The van der Waals surface area contributed by atoms with Crippen molar-refractivity contribution >= 4 is 46.5 Å². The fourth-order valence-corrected chi connectivity index (χ4v) is 3.69. The third-order valence-electron chi connectivity index (χ3n) is 4.48. The number of hydrogen-bond acceptors (Lipinski definition) is 7. The summed E-state index contributed by atoms with van der Waals surface area (Å²) < 4.78 is 10.7. The number of amides is 1. The normalized spacial score (nSPS) is 17.0. The number of aliphatic imine (C=N–C) groups is 1. The van der Waals surface area contributed by atoms with Gasteiger partial charge in [-0.05, 0) is 66.7 Å². The number of likely N-dealkylation sites (N-methyl/N-ethyl adjacent to an activating group) is 1. The van der Waals surface area contributed by atoms with Crippen molar-refractivity contribution in [3.63, 3.8) is 0 Å². The Morgan fingerprint density at radius 2 is 1.81 bits per heavy atom. The molecule has 0 aromatic heterocycles. The fourth-order valence-electron chi connectivity index (χ4n) is 2.70. The largest absolute Gasteiger partial charge is 0.493 e. The monoisotopic (exact) mass is 456 g/mol. The Balaban J connectivity index is 1.83. The van der Waals surface area contributed by atoms with Crippen LogP contribution in [0.1, 0.15) is 22.8 Å². The van der Waals surface area contributed by atoms with Gasteiger partial charge in [-0.2, -0.15) is 0 Å². The molecule has 1 atom stereocenters. The van der Waals surface area contributed by atoms with Crippen molar-refractivity contribution in [2.75, 3.05) is 14.2 Å². The Morgan fingerprint density at radius 3 is 2.41 bits per heavy atom. The minimum absolute atomic E-state index is 0.150. The van der Waals surface area contributed by atoms with Crippen molar-refractivity contribution in [1.82, 2.24) is 4.90 Å². The van der Waals surface area contributed by atoms with Crippen LogP contribution in [-0.4, -0.2) is 58.4 Å². The number of benzene rings is 2. The minimum atomic E-state index is -1.10. The molecular formula is C22H20N2O7S. The summed E-state index contributed by atoms with van der Waals surface area (Å²) in [5.74, 6) is -1.75. The fraction of sp³-hybridized carbons (Fsp3) is 0.182. The Labute approximate surface area is 188 Å². The number of aromatic carboxylic acids is 1. The van der Waals surface area contributed by atoms with E-state index in [0.29, 0.717) is 27.1 Å². The molecule has 0 spiro atoms. The summed E-state index contributed by atoms with van der Waals surface area (Å²) in [4.78, 5) is 40.9. The van der Waals surface area contributed by atoms with Crippen molar-refractivity contribution in [3.8, 4) is 11.5 Å². The van der Waals surface area contributed by atoms with Gasteiger partial charge >= 0.3 is 11.9 Å². The van der Waals surface area contributed by atoms with Gasteiger partial charge in [0.05, 0.1) is 23.3 Å². The summed E-state index contributed by atoms with van der Waals surface area (Å²) in [6.45, 7) is 1.41. The van der Waals surface area contributed by atoms with Crippen LogP contribution in [0, 0.1) is 0 Å². The summed E-state index contributed by atoms with van der Waals surface area (Å²) in [5.41, 5.74) is 1.33. The van der Waals surface area contributed by atoms with Gasteiger partial charge in [-0.25, -0.2) is 14.6 Å². The van der Waals surface area contributed by atoms with E-state index in [2.05, 4.69) is 4.99 Å². The van der Waals surface area contributed by atoms with E-state index < -0.39 is 18.0 Å². The molecule has 2 N–H and O–H groups in total. The van der Waals surface area contributed by atoms with Gasteiger partial charge in [-0.3, -0.25) is 9.69 Å². The first-order valence-electron chi connectivity index (χ1n) is 9.36. The van der Waals surface area contributed by atoms with Gasteiger partial charge in [0.25, 0.3) is 5.91 Å². The lowest BCUT2D eigenvalue weighted by Gasteiger charge is -2.14. The molecule has 1 amide bonds. The number of methoxy groups -OCH3 is 1. The molecule has 0 bridgehead atoms. The number of thioether (sulfide) groups is 1. The van der Waals surface area contributed by atoms with Gasteiger partial charge in [0, 0.05) is 7.05 Å². The van der Waals surface area contributed by atoms with Crippen molar-refractivity contribution in [2.45, 2.75) is 13.0 Å². The van der Waals surface area contributed by atoms with E-state index in [4.69, 9.17) is 19.7 Å². The van der Waals surface area contributed by atoms with Crippen LogP contribution < -0.4 is 9.47 Å². The second-order valence-electron chi connectivity index (χ2n) is 6.73. The first-order chi connectivity index (χ1) is 15.2. The highest BCUT2D eigenvalue weighted by molar-refractivity contribution is 8.18. The summed E-state index contributed by atoms with van der Waals surface area (Å²) >= 11 is 1.18. The topological polar surface area (TPSA) is 126 Å². The molecule has 0 unspecified atom stereocenters. The van der Waals surface area contributed by atoms with Crippen molar-refractivity contribution in [2.24, 2.45) is 4.99 Å². The summed E-state index contributed by atoms with van der Waals surface area (Å²) in [5, 5.41) is 18.5. The molecule has 3 rings (SSSR count). The maximum absolute atomic E-state index is 12.7. The van der Waals surface area contributed by atoms with Crippen LogP contribution in [0.2, 0.25) is 0 Å². The summed E-state index contributed by atoms with van der Waals surface area (Å²) in [6, 6.07) is 10.9. The molecule has 1 heterocycles. The molecule has 9 nitrogen and oxygen atoms in total. The van der Waals surface area contributed by atoms with Crippen LogP contribution in [0.25, 0.3) is 6.08 Å². The molecule has 1 saturated heterocycles. The van der Waals surface area contributed by atoms with E-state index in [-0.39, 0.29) is 17.2 Å². The molecule has 2 aromatic rings. The number of nitrogens with zero attached hydrogens (tertiary/aromatic N) is 2. The lowest BCUT2D eigenvalue weighted by Crippen LogP contribution is -2.23. The Morgan fingerprint density at radius 1 is 1.12 bits per heavy atom. The number of ether oxygens (including phenoxy) is 2. The second-order valence-corrected chi connectivity index (χ2v) is 7.74. The van der Waals surface area contributed by atoms with Gasteiger partial charge in [0.15, 0.2) is 22.8 Å². The Hall–Kier alpha value is -3.79. The lowest BCUT2D eigenvalue weighted by atomic mass is 10.2. The van der Waals surface area contributed by atoms with Crippen molar-refractivity contribution < 1.29 is 34.1 Å². The zero-order valence-electron chi connectivity index (χ0n) is 17.4. The first kappa shape index (κ1) is 22.9. The molecule has 2 aromatic carbocycles. The number of carbonyl (C=O) groups excluding carboxylic acids is 1. The molecule has 1 aliphatic rings. The Bertz CT molecular complexity index is 1130. The molecule has 10 heteroatoms.